The molecule has 1 heterocycles. The molecule has 1 aliphatic heterocycles. The summed E-state index contributed by atoms with van der Waals surface area (Å²) in [6, 6.07) is 3.70. The van der Waals surface area contributed by atoms with Crippen molar-refractivity contribution >= 4 is 5.91 Å². The van der Waals surface area contributed by atoms with E-state index in [1.165, 1.54) is 0 Å². The van der Waals surface area contributed by atoms with E-state index in [0.717, 1.165) is 32.5 Å². The Balaban J connectivity index is 2.17. The van der Waals surface area contributed by atoms with Gasteiger partial charge in [0, 0.05) is 24.7 Å². The Hall–Kier alpha value is -1.95. The third-order valence-corrected chi connectivity index (χ3v) is 4.54. The van der Waals surface area contributed by atoms with Crippen LogP contribution < -0.4 is 19.5 Å². The van der Waals surface area contributed by atoms with Crippen molar-refractivity contribution in [3.05, 3.63) is 17.7 Å². The second kappa shape index (κ2) is 10.3. The van der Waals surface area contributed by atoms with Crippen molar-refractivity contribution in [2.24, 2.45) is 0 Å². The average Bonchev–Trinajstić information content (AvgIpc) is 2.65. The van der Waals surface area contributed by atoms with Gasteiger partial charge >= 0.3 is 0 Å². The second-order valence-corrected chi connectivity index (χ2v) is 6.28. The molecule has 1 aromatic carbocycles. The van der Waals surface area contributed by atoms with E-state index < -0.39 is 0 Å². The first-order chi connectivity index (χ1) is 12.6. The van der Waals surface area contributed by atoms with Crippen molar-refractivity contribution in [2.75, 3.05) is 39.5 Å². The third kappa shape index (κ3) is 5.27. The van der Waals surface area contributed by atoms with Crippen molar-refractivity contribution in [3.63, 3.8) is 0 Å². The highest BCUT2D eigenvalue weighted by Gasteiger charge is 2.22. The number of amides is 1. The Morgan fingerprint density at radius 2 is 1.54 bits per heavy atom. The molecule has 0 aromatic heterocycles. The average molecular weight is 364 g/mol. The molecule has 1 aromatic rings. The summed E-state index contributed by atoms with van der Waals surface area (Å²) in [5, 5.41) is 3.15. The van der Waals surface area contributed by atoms with E-state index in [-0.39, 0.29) is 11.9 Å². The van der Waals surface area contributed by atoms with Crippen LogP contribution in [0.2, 0.25) is 0 Å². The summed E-state index contributed by atoms with van der Waals surface area (Å²) in [5.74, 6) is 1.56. The fourth-order valence-corrected chi connectivity index (χ4v) is 3.18. The molecule has 1 aliphatic rings. The van der Waals surface area contributed by atoms with Crippen LogP contribution in [0.3, 0.4) is 0 Å². The quantitative estimate of drug-likeness (QED) is 0.730. The molecular formula is C20H32N2O4. The number of piperidine rings is 1. The first kappa shape index (κ1) is 20.4. The Labute approximate surface area is 156 Å². The zero-order valence-electron chi connectivity index (χ0n) is 16.5. The molecule has 1 N–H and O–H groups in total. The van der Waals surface area contributed by atoms with Gasteiger partial charge in [-0.15, -0.1) is 0 Å². The zero-order chi connectivity index (χ0) is 18.9. The molecule has 0 bridgehead atoms. The molecule has 0 aliphatic carbocycles. The summed E-state index contributed by atoms with van der Waals surface area (Å²) >= 11 is 0. The molecule has 0 spiro atoms. The molecule has 0 saturated carbocycles. The maximum atomic E-state index is 12.8. The van der Waals surface area contributed by atoms with Crippen LogP contribution in [-0.4, -0.2) is 56.3 Å². The van der Waals surface area contributed by atoms with Crippen LogP contribution >= 0.6 is 0 Å². The second-order valence-electron chi connectivity index (χ2n) is 6.28. The van der Waals surface area contributed by atoms with Gasteiger partial charge < -0.3 is 24.4 Å². The molecule has 1 fully saturated rings. The number of nitrogens with one attached hydrogen (secondary N) is 1. The highest BCUT2D eigenvalue weighted by Crippen LogP contribution is 2.39. The van der Waals surface area contributed by atoms with E-state index in [0.29, 0.717) is 42.6 Å². The molecular weight excluding hydrogens is 332 g/mol. The fourth-order valence-electron chi connectivity index (χ4n) is 3.18. The summed E-state index contributed by atoms with van der Waals surface area (Å²) in [5.41, 5.74) is 0.540. The number of carbonyl (C=O) groups is 1. The van der Waals surface area contributed by atoms with E-state index in [1.54, 1.807) is 12.1 Å². The molecule has 146 valence electrons. The molecule has 0 atom stereocenters. The van der Waals surface area contributed by atoms with E-state index in [1.807, 2.05) is 20.8 Å². The normalized spacial score (nSPS) is 15.5. The van der Waals surface area contributed by atoms with E-state index >= 15 is 0 Å². The Morgan fingerprint density at radius 1 is 1.00 bits per heavy atom. The highest BCUT2D eigenvalue weighted by molar-refractivity contribution is 5.95. The first-order valence-electron chi connectivity index (χ1n) is 9.72. The van der Waals surface area contributed by atoms with Crippen molar-refractivity contribution in [3.8, 4) is 17.2 Å². The van der Waals surface area contributed by atoms with Crippen LogP contribution in [0.1, 0.15) is 50.9 Å². The van der Waals surface area contributed by atoms with Gasteiger partial charge in [-0.25, -0.2) is 0 Å². The molecule has 6 nitrogen and oxygen atoms in total. The maximum Gasteiger partial charge on any atom is 0.251 e. The van der Waals surface area contributed by atoms with Gasteiger partial charge in [-0.3, -0.25) is 4.79 Å². The molecule has 0 unspecified atom stereocenters. The number of hydrogen-bond acceptors (Lipinski definition) is 5. The van der Waals surface area contributed by atoms with E-state index in [9.17, 15) is 4.79 Å². The summed E-state index contributed by atoms with van der Waals surface area (Å²) in [4.78, 5) is 15.2. The number of benzene rings is 1. The Kier molecular flexibility index (Phi) is 8.04. The van der Waals surface area contributed by atoms with Gasteiger partial charge in [0.1, 0.15) is 0 Å². The van der Waals surface area contributed by atoms with Crippen LogP contribution in [0.5, 0.6) is 17.2 Å². The number of nitrogens with zero attached hydrogens (tertiary/aromatic N) is 1. The van der Waals surface area contributed by atoms with Gasteiger partial charge in [-0.2, -0.15) is 0 Å². The topological polar surface area (TPSA) is 60.0 Å². The van der Waals surface area contributed by atoms with Gasteiger partial charge in [0.2, 0.25) is 5.75 Å². The van der Waals surface area contributed by atoms with Gasteiger partial charge in [0.15, 0.2) is 11.5 Å². The summed E-state index contributed by atoms with van der Waals surface area (Å²) in [6.45, 7) is 12.5. The fraction of sp³-hybridized carbons (Fsp3) is 0.650. The summed E-state index contributed by atoms with van der Waals surface area (Å²) in [7, 11) is 0. The number of hydrogen-bond donors (Lipinski definition) is 1. The van der Waals surface area contributed by atoms with Crippen molar-refractivity contribution in [2.45, 2.75) is 46.6 Å². The van der Waals surface area contributed by atoms with Gasteiger partial charge in [0.25, 0.3) is 5.91 Å². The van der Waals surface area contributed by atoms with Gasteiger partial charge in [-0.05, 0) is 52.3 Å². The largest absolute Gasteiger partial charge is 0.490 e. The van der Waals surface area contributed by atoms with E-state index in [2.05, 4.69) is 17.1 Å². The molecule has 1 saturated heterocycles. The number of likely N-dealkylation sites (tertiary alicyclic amines) is 1. The van der Waals surface area contributed by atoms with Crippen LogP contribution in [0.25, 0.3) is 0 Å². The van der Waals surface area contributed by atoms with Gasteiger partial charge in [0.05, 0.1) is 19.8 Å². The van der Waals surface area contributed by atoms with Gasteiger partial charge in [-0.1, -0.05) is 6.92 Å². The lowest BCUT2D eigenvalue weighted by Gasteiger charge is -2.31. The third-order valence-electron chi connectivity index (χ3n) is 4.54. The minimum Gasteiger partial charge on any atom is -0.490 e. The molecule has 0 radical (unpaired) electrons. The Morgan fingerprint density at radius 3 is 2.00 bits per heavy atom. The minimum absolute atomic E-state index is 0.0927. The summed E-state index contributed by atoms with van der Waals surface area (Å²) in [6.07, 6.45) is 1.96. The lowest BCUT2D eigenvalue weighted by Crippen LogP contribution is -2.44. The van der Waals surface area contributed by atoms with Crippen molar-refractivity contribution < 1.29 is 19.0 Å². The van der Waals surface area contributed by atoms with Crippen molar-refractivity contribution in [1.82, 2.24) is 10.2 Å². The Bertz CT molecular complexity index is 556. The smallest absolute Gasteiger partial charge is 0.251 e. The number of rotatable bonds is 9. The minimum atomic E-state index is -0.0927. The number of carbonyl (C=O) groups excluding carboxylic acids is 1. The summed E-state index contributed by atoms with van der Waals surface area (Å²) < 4.78 is 17.1. The van der Waals surface area contributed by atoms with Crippen LogP contribution in [0.4, 0.5) is 0 Å². The lowest BCUT2D eigenvalue weighted by atomic mass is 10.0. The first-order valence-corrected chi connectivity index (χ1v) is 9.72. The maximum absolute atomic E-state index is 12.8. The SMILES string of the molecule is CCOc1cc(C(=O)NC2CCN(CC)CC2)cc(OCC)c1OCC. The molecule has 2 rings (SSSR count). The van der Waals surface area contributed by atoms with Crippen LogP contribution in [0.15, 0.2) is 12.1 Å². The predicted molar refractivity (Wildman–Crippen MR) is 103 cm³/mol. The van der Waals surface area contributed by atoms with Crippen LogP contribution in [-0.2, 0) is 0 Å². The standard InChI is InChI=1S/C20H32N2O4/c1-5-22-11-9-16(10-12-22)21-20(23)15-13-17(24-6-2)19(26-8-4)18(14-15)25-7-3/h13-14,16H,5-12H2,1-4H3,(H,21,23). The van der Waals surface area contributed by atoms with E-state index in [4.69, 9.17) is 14.2 Å². The van der Waals surface area contributed by atoms with Crippen molar-refractivity contribution in [1.29, 1.82) is 0 Å². The van der Waals surface area contributed by atoms with Crippen LogP contribution in [0, 0.1) is 0 Å². The zero-order valence-corrected chi connectivity index (χ0v) is 16.5. The molecule has 26 heavy (non-hydrogen) atoms. The monoisotopic (exact) mass is 364 g/mol. The number of ether oxygens (including phenoxy) is 3. The molecule has 6 heteroatoms. The predicted octanol–water partition coefficient (Wildman–Crippen LogP) is 3.10. The molecule has 1 amide bonds. The highest BCUT2D eigenvalue weighted by atomic mass is 16.5. The lowest BCUT2D eigenvalue weighted by molar-refractivity contribution is 0.0911.